The molecule has 1 aromatic heterocycles. The molecule has 0 aliphatic rings. The van der Waals surface area contributed by atoms with Crippen molar-refractivity contribution in [3.8, 4) is 5.75 Å². The molecule has 92 valence electrons. The van der Waals surface area contributed by atoms with Gasteiger partial charge < -0.3 is 15.0 Å². The molecular formula is C14H20N2O. The average Bonchev–Trinajstić information content (AvgIpc) is 2.55. The molecule has 0 saturated heterocycles. The van der Waals surface area contributed by atoms with Gasteiger partial charge in [-0.15, -0.1) is 0 Å². The number of phenols is 1. The Hall–Kier alpha value is -1.48. The molecule has 2 rings (SSSR count). The van der Waals surface area contributed by atoms with Crippen LogP contribution in [0, 0.1) is 6.92 Å². The Balaban J connectivity index is 2.69. The van der Waals surface area contributed by atoms with E-state index < -0.39 is 0 Å². The first-order chi connectivity index (χ1) is 8.19. The molecule has 0 radical (unpaired) electrons. The highest BCUT2D eigenvalue weighted by Crippen LogP contribution is 2.29. The number of phenolic OH excluding ortho intramolecular Hbond substituents is 1. The minimum atomic E-state index is 0.337. The number of fused-ring (bicyclic) bond motifs is 1. The first-order valence-electron chi connectivity index (χ1n) is 6.14. The van der Waals surface area contributed by atoms with E-state index in [1.807, 2.05) is 19.2 Å². The van der Waals surface area contributed by atoms with Gasteiger partial charge in [0.1, 0.15) is 5.75 Å². The predicted molar refractivity (Wildman–Crippen MR) is 71.4 cm³/mol. The summed E-state index contributed by atoms with van der Waals surface area (Å²) in [6, 6.07) is 5.63. The number of hydrogen-bond acceptors (Lipinski definition) is 2. The van der Waals surface area contributed by atoms with Crippen LogP contribution < -0.4 is 5.32 Å². The summed E-state index contributed by atoms with van der Waals surface area (Å²) in [6.45, 7) is 6.20. The Morgan fingerprint density at radius 3 is 2.76 bits per heavy atom. The van der Waals surface area contributed by atoms with Crippen LogP contribution in [0.5, 0.6) is 5.75 Å². The summed E-state index contributed by atoms with van der Waals surface area (Å²) in [6.07, 6.45) is 1.12. The lowest BCUT2D eigenvalue weighted by Crippen LogP contribution is -2.07. The molecule has 2 aromatic rings. The van der Waals surface area contributed by atoms with Gasteiger partial charge in [0.25, 0.3) is 0 Å². The maximum Gasteiger partial charge on any atom is 0.116 e. The van der Waals surface area contributed by atoms with Gasteiger partial charge in [-0.3, -0.25) is 0 Å². The van der Waals surface area contributed by atoms with Crippen LogP contribution in [0.25, 0.3) is 10.9 Å². The molecule has 3 nitrogen and oxygen atoms in total. The maximum atomic E-state index is 9.62. The third kappa shape index (κ3) is 2.03. The monoisotopic (exact) mass is 232 g/mol. The van der Waals surface area contributed by atoms with Gasteiger partial charge in [-0.25, -0.2) is 0 Å². The van der Waals surface area contributed by atoms with Gasteiger partial charge in [0.15, 0.2) is 0 Å². The molecule has 0 fully saturated rings. The van der Waals surface area contributed by atoms with Crippen LogP contribution in [0.3, 0.4) is 0 Å². The summed E-state index contributed by atoms with van der Waals surface area (Å²) >= 11 is 0. The molecule has 0 saturated carbocycles. The summed E-state index contributed by atoms with van der Waals surface area (Å²) < 4.78 is 2.33. The highest BCUT2D eigenvalue weighted by atomic mass is 16.3. The van der Waals surface area contributed by atoms with E-state index in [-0.39, 0.29) is 0 Å². The molecule has 0 unspecified atom stereocenters. The lowest BCUT2D eigenvalue weighted by Gasteiger charge is -2.06. The van der Waals surface area contributed by atoms with E-state index in [1.165, 1.54) is 16.8 Å². The Morgan fingerprint density at radius 2 is 2.12 bits per heavy atom. The number of nitrogens with zero attached hydrogens (tertiary/aromatic N) is 1. The molecule has 3 heteroatoms. The van der Waals surface area contributed by atoms with Crippen molar-refractivity contribution in [3.05, 3.63) is 29.5 Å². The first kappa shape index (κ1) is 12.0. The normalized spacial score (nSPS) is 11.2. The van der Waals surface area contributed by atoms with Crippen molar-refractivity contribution in [2.24, 2.45) is 0 Å². The third-order valence-electron chi connectivity index (χ3n) is 3.24. The van der Waals surface area contributed by atoms with E-state index in [0.29, 0.717) is 5.75 Å². The lowest BCUT2D eigenvalue weighted by atomic mass is 10.1. The smallest absolute Gasteiger partial charge is 0.116 e. The minimum Gasteiger partial charge on any atom is -0.508 e. The van der Waals surface area contributed by atoms with Gasteiger partial charge in [-0.1, -0.05) is 6.92 Å². The van der Waals surface area contributed by atoms with E-state index >= 15 is 0 Å². The largest absolute Gasteiger partial charge is 0.508 e. The minimum absolute atomic E-state index is 0.337. The van der Waals surface area contributed by atoms with Gasteiger partial charge >= 0.3 is 0 Å². The highest BCUT2D eigenvalue weighted by molar-refractivity contribution is 5.86. The molecule has 0 aliphatic heterocycles. The van der Waals surface area contributed by atoms with Gasteiger partial charge in [0.05, 0.1) is 0 Å². The zero-order chi connectivity index (χ0) is 12.4. The standard InChI is InChI=1S/C14H20N2O/c1-4-7-16-10(2)13(9-15-3)12-8-11(17)5-6-14(12)16/h5-6,8,15,17H,4,7,9H2,1-3H3. The van der Waals surface area contributed by atoms with Crippen LogP contribution in [0.2, 0.25) is 0 Å². The van der Waals surface area contributed by atoms with E-state index in [0.717, 1.165) is 24.9 Å². The second-order valence-corrected chi connectivity index (χ2v) is 4.45. The highest BCUT2D eigenvalue weighted by Gasteiger charge is 2.13. The zero-order valence-corrected chi connectivity index (χ0v) is 10.7. The summed E-state index contributed by atoms with van der Waals surface area (Å²) in [5, 5.41) is 14.0. The first-order valence-corrected chi connectivity index (χ1v) is 6.14. The number of aromatic hydroxyl groups is 1. The van der Waals surface area contributed by atoms with Crippen LogP contribution in [-0.2, 0) is 13.1 Å². The van der Waals surface area contributed by atoms with Crippen molar-refractivity contribution in [2.45, 2.75) is 33.4 Å². The van der Waals surface area contributed by atoms with Crippen molar-refractivity contribution >= 4 is 10.9 Å². The number of aryl methyl sites for hydroxylation is 1. The Morgan fingerprint density at radius 1 is 1.35 bits per heavy atom. The van der Waals surface area contributed by atoms with Gasteiger partial charge in [0, 0.05) is 29.7 Å². The molecule has 0 atom stereocenters. The second-order valence-electron chi connectivity index (χ2n) is 4.45. The van der Waals surface area contributed by atoms with Crippen molar-refractivity contribution in [3.63, 3.8) is 0 Å². The molecule has 2 N–H and O–H groups in total. The Labute approximate surface area is 102 Å². The zero-order valence-electron chi connectivity index (χ0n) is 10.7. The fraction of sp³-hybridized carbons (Fsp3) is 0.429. The summed E-state index contributed by atoms with van der Waals surface area (Å²) in [5.41, 5.74) is 3.79. The van der Waals surface area contributed by atoms with Crippen LogP contribution in [0.1, 0.15) is 24.6 Å². The number of aromatic nitrogens is 1. The Kier molecular flexibility index (Phi) is 3.38. The van der Waals surface area contributed by atoms with Crippen molar-refractivity contribution in [2.75, 3.05) is 7.05 Å². The van der Waals surface area contributed by atoms with Crippen LogP contribution in [0.4, 0.5) is 0 Å². The van der Waals surface area contributed by atoms with E-state index in [4.69, 9.17) is 0 Å². The van der Waals surface area contributed by atoms with Crippen molar-refractivity contribution < 1.29 is 5.11 Å². The molecular weight excluding hydrogens is 212 g/mol. The topological polar surface area (TPSA) is 37.2 Å². The van der Waals surface area contributed by atoms with Crippen LogP contribution in [-0.4, -0.2) is 16.7 Å². The number of rotatable bonds is 4. The van der Waals surface area contributed by atoms with Gasteiger partial charge in [-0.05, 0) is 44.2 Å². The van der Waals surface area contributed by atoms with Gasteiger partial charge in [-0.2, -0.15) is 0 Å². The summed E-state index contributed by atoms with van der Waals surface area (Å²) in [7, 11) is 1.95. The molecule has 1 aromatic carbocycles. The lowest BCUT2D eigenvalue weighted by molar-refractivity contribution is 0.476. The predicted octanol–water partition coefficient (Wildman–Crippen LogP) is 2.78. The fourth-order valence-corrected chi connectivity index (χ4v) is 2.45. The second kappa shape index (κ2) is 4.80. The van der Waals surface area contributed by atoms with Gasteiger partial charge in [0.2, 0.25) is 0 Å². The number of benzene rings is 1. The SMILES string of the molecule is CCCn1c(C)c(CNC)c2cc(O)ccc21. The third-order valence-corrected chi connectivity index (χ3v) is 3.24. The molecule has 17 heavy (non-hydrogen) atoms. The molecule has 1 heterocycles. The van der Waals surface area contributed by atoms with E-state index in [2.05, 4.69) is 23.7 Å². The van der Waals surface area contributed by atoms with Crippen LogP contribution >= 0.6 is 0 Å². The number of nitrogens with one attached hydrogen (secondary N) is 1. The van der Waals surface area contributed by atoms with Crippen molar-refractivity contribution in [1.29, 1.82) is 0 Å². The molecule has 0 spiro atoms. The van der Waals surface area contributed by atoms with E-state index in [9.17, 15) is 5.11 Å². The molecule has 0 amide bonds. The van der Waals surface area contributed by atoms with Crippen LogP contribution in [0.15, 0.2) is 18.2 Å². The number of hydrogen-bond donors (Lipinski definition) is 2. The van der Waals surface area contributed by atoms with Crippen molar-refractivity contribution in [1.82, 2.24) is 9.88 Å². The summed E-state index contributed by atoms with van der Waals surface area (Å²) in [4.78, 5) is 0. The average molecular weight is 232 g/mol. The van der Waals surface area contributed by atoms with E-state index in [1.54, 1.807) is 6.07 Å². The Bertz CT molecular complexity index is 528. The molecule has 0 aliphatic carbocycles. The quantitative estimate of drug-likeness (QED) is 0.850. The fourth-order valence-electron chi connectivity index (χ4n) is 2.45. The molecule has 0 bridgehead atoms. The maximum absolute atomic E-state index is 9.62. The summed E-state index contributed by atoms with van der Waals surface area (Å²) in [5.74, 6) is 0.337.